The van der Waals surface area contributed by atoms with E-state index in [0.29, 0.717) is 5.78 Å². The molecule has 0 heterocycles. The summed E-state index contributed by atoms with van der Waals surface area (Å²) in [5, 5.41) is 0.186. The monoisotopic (exact) mass is 480 g/mol. The average molecular weight is 481 g/mol. The van der Waals surface area contributed by atoms with Crippen LogP contribution in [0.4, 0.5) is 0 Å². The summed E-state index contributed by atoms with van der Waals surface area (Å²) in [5.41, 5.74) is 1.39. The van der Waals surface area contributed by atoms with Gasteiger partial charge in [0.2, 0.25) is 0 Å². The van der Waals surface area contributed by atoms with Crippen LogP contribution in [0.25, 0.3) is 0 Å². The Morgan fingerprint density at radius 3 is 2.32 bits per heavy atom. The minimum Gasteiger partial charge on any atom is -0.410 e. The lowest BCUT2D eigenvalue weighted by molar-refractivity contribution is -0.127. The van der Waals surface area contributed by atoms with Crippen LogP contribution < -0.4 is 0 Å². The summed E-state index contributed by atoms with van der Waals surface area (Å²) in [6, 6.07) is 10.9. The fourth-order valence-corrected chi connectivity index (χ4v) is 6.59. The molecule has 34 heavy (non-hydrogen) atoms. The van der Waals surface area contributed by atoms with Crippen LogP contribution in [0.15, 0.2) is 54.6 Å². The number of hydrogen-bond donors (Lipinski definition) is 0. The van der Waals surface area contributed by atoms with Crippen molar-refractivity contribution in [2.45, 2.75) is 116 Å². The predicted molar refractivity (Wildman–Crippen MR) is 148 cm³/mol. The van der Waals surface area contributed by atoms with Crippen LogP contribution in [0.2, 0.25) is 18.1 Å². The molecule has 188 valence electrons. The Kier molecular flexibility index (Phi) is 8.84. The van der Waals surface area contributed by atoms with Gasteiger partial charge in [0.05, 0.1) is 6.10 Å². The molecule has 0 amide bonds. The van der Waals surface area contributed by atoms with Crippen LogP contribution in [0.3, 0.4) is 0 Å². The number of benzene rings is 1. The van der Waals surface area contributed by atoms with Crippen LogP contribution in [-0.2, 0) is 15.6 Å². The normalized spacial score (nSPS) is 24.5. The minimum absolute atomic E-state index is 0.150. The Hall–Kier alpha value is -1.45. The van der Waals surface area contributed by atoms with Gasteiger partial charge in [-0.2, -0.15) is 0 Å². The molecule has 3 heteroatoms. The maximum absolute atomic E-state index is 12.5. The van der Waals surface area contributed by atoms with Crippen molar-refractivity contribution in [3.8, 4) is 0 Å². The van der Waals surface area contributed by atoms with Crippen LogP contribution in [0.5, 0.6) is 0 Å². The highest BCUT2D eigenvalue weighted by Gasteiger charge is 2.47. The standard InChI is InChI=1S/C31H48O2Si/c1-29(2,3)34(5,6)33-28(20-11-13-22-30(4)21-12-10-19-27(30)32)31(24-15-25-31)23-14-18-26-16-8-7-9-17-26/h7-9,11,13,16-17,20,22,28H,10,12,14-15,18-19,21,23-25H2,1-6H3/b20-11+,22-13+. The third kappa shape index (κ3) is 6.60. The molecule has 1 aromatic carbocycles. The number of hydrogen-bond acceptors (Lipinski definition) is 2. The fraction of sp³-hybridized carbons (Fsp3) is 0.645. The summed E-state index contributed by atoms with van der Waals surface area (Å²) >= 11 is 0. The van der Waals surface area contributed by atoms with Crippen molar-refractivity contribution < 1.29 is 9.22 Å². The largest absolute Gasteiger partial charge is 0.410 e. The highest BCUT2D eigenvalue weighted by Crippen LogP contribution is 2.51. The first-order chi connectivity index (χ1) is 16.0. The number of allylic oxidation sites excluding steroid dienone is 3. The molecule has 0 aliphatic heterocycles. The molecule has 2 nitrogen and oxygen atoms in total. The zero-order chi connectivity index (χ0) is 24.9. The van der Waals surface area contributed by atoms with Gasteiger partial charge in [0.25, 0.3) is 0 Å². The number of rotatable bonds is 10. The summed E-state index contributed by atoms with van der Waals surface area (Å²) in [4.78, 5) is 12.5. The minimum atomic E-state index is -1.91. The quantitative estimate of drug-likeness (QED) is 0.247. The van der Waals surface area contributed by atoms with Crippen molar-refractivity contribution in [2.75, 3.05) is 0 Å². The van der Waals surface area contributed by atoms with Gasteiger partial charge in [0, 0.05) is 11.8 Å². The molecule has 0 bridgehead atoms. The van der Waals surface area contributed by atoms with E-state index in [1.54, 1.807) is 0 Å². The number of carbonyl (C=O) groups excluding carboxylic acids is 1. The average Bonchev–Trinajstić information content (AvgIpc) is 2.74. The van der Waals surface area contributed by atoms with E-state index in [0.717, 1.165) is 32.1 Å². The molecular weight excluding hydrogens is 432 g/mol. The van der Waals surface area contributed by atoms with E-state index < -0.39 is 8.32 Å². The van der Waals surface area contributed by atoms with Crippen LogP contribution >= 0.6 is 0 Å². The molecule has 3 rings (SSSR count). The first-order valence-electron chi connectivity index (χ1n) is 13.6. The molecule has 2 aliphatic rings. The van der Waals surface area contributed by atoms with E-state index in [9.17, 15) is 4.79 Å². The van der Waals surface area contributed by atoms with Gasteiger partial charge in [-0.05, 0) is 81.0 Å². The summed E-state index contributed by atoms with van der Waals surface area (Å²) in [5.74, 6) is 0.397. The second-order valence-corrected chi connectivity index (χ2v) is 17.4. The molecule has 0 radical (unpaired) electrons. The maximum atomic E-state index is 12.5. The molecule has 2 unspecified atom stereocenters. The van der Waals surface area contributed by atoms with Crippen molar-refractivity contribution in [1.82, 2.24) is 0 Å². The zero-order valence-electron chi connectivity index (χ0n) is 22.7. The third-order valence-corrected chi connectivity index (χ3v) is 13.5. The summed E-state index contributed by atoms with van der Waals surface area (Å²) < 4.78 is 7.10. The first kappa shape index (κ1) is 27.1. The Labute approximate surface area is 210 Å². The van der Waals surface area contributed by atoms with Crippen LogP contribution in [0.1, 0.15) is 91.0 Å². The van der Waals surface area contributed by atoms with Crippen LogP contribution in [0, 0.1) is 10.8 Å². The van der Waals surface area contributed by atoms with Gasteiger partial charge in [0.1, 0.15) is 5.78 Å². The lowest BCUT2D eigenvalue weighted by atomic mass is 9.62. The Morgan fingerprint density at radius 2 is 1.74 bits per heavy atom. The Morgan fingerprint density at radius 1 is 1.03 bits per heavy atom. The summed E-state index contributed by atoms with van der Waals surface area (Å²) in [7, 11) is -1.91. The molecule has 1 aromatic rings. The Bertz CT molecular complexity index is 857. The van der Waals surface area contributed by atoms with Crippen molar-refractivity contribution in [3.63, 3.8) is 0 Å². The second-order valence-electron chi connectivity index (χ2n) is 12.6. The molecule has 2 aliphatic carbocycles. The van der Waals surface area contributed by atoms with E-state index in [1.807, 2.05) is 0 Å². The number of aryl methyl sites for hydroxylation is 1. The van der Waals surface area contributed by atoms with Gasteiger partial charge in [0.15, 0.2) is 8.32 Å². The summed E-state index contributed by atoms with van der Waals surface area (Å²) in [6.45, 7) is 13.9. The fourth-order valence-electron chi connectivity index (χ4n) is 5.27. The molecule has 0 aromatic heterocycles. The highest BCUT2D eigenvalue weighted by molar-refractivity contribution is 6.74. The molecule has 2 fully saturated rings. The van der Waals surface area contributed by atoms with Gasteiger partial charge in [-0.1, -0.05) is 88.2 Å². The van der Waals surface area contributed by atoms with Gasteiger partial charge < -0.3 is 4.43 Å². The maximum Gasteiger partial charge on any atom is 0.192 e. The van der Waals surface area contributed by atoms with Crippen molar-refractivity contribution in [1.29, 1.82) is 0 Å². The van der Waals surface area contributed by atoms with Crippen LogP contribution in [-0.4, -0.2) is 20.2 Å². The van der Waals surface area contributed by atoms with Gasteiger partial charge in [-0.15, -0.1) is 0 Å². The van der Waals surface area contributed by atoms with Gasteiger partial charge in [-0.3, -0.25) is 4.79 Å². The molecule has 2 atom stereocenters. The third-order valence-electron chi connectivity index (χ3n) is 9.01. The molecule has 0 saturated heterocycles. The van der Waals surface area contributed by atoms with Gasteiger partial charge in [-0.25, -0.2) is 0 Å². The lowest BCUT2D eigenvalue weighted by Gasteiger charge is -2.51. The van der Waals surface area contributed by atoms with Crippen molar-refractivity contribution in [3.05, 3.63) is 60.2 Å². The van der Waals surface area contributed by atoms with E-state index in [2.05, 4.69) is 95.4 Å². The summed E-state index contributed by atoms with van der Waals surface area (Å²) in [6.07, 6.45) is 20.2. The predicted octanol–water partition coefficient (Wildman–Crippen LogP) is 8.83. The zero-order valence-corrected chi connectivity index (χ0v) is 23.7. The number of ketones is 1. The highest BCUT2D eigenvalue weighted by atomic mass is 28.4. The second kappa shape index (κ2) is 11.1. The molecule has 0 N–H and O–H groups in total. The molecular formula is C31H48O2Si. The van der Waals surface area contributed by atoms with E-state index >= 15 is 0 Å². The lowest BCUT2D eigenvalue weighted by Crippen LogP contribution is -2.51. The first-order valence-corrected chi connectivity index (χ1v) is 16.5. The van der Waals surface area contributed by atoms with E-state index in [1.165, 1.54) is 37.7 Å². The van der Waals surface area contributed by atoms with E-state index in [4.69, 9.17) is 4.43 Å². The molecule has 0 spiro atoms. The SMILES string of the molecule is CC1(/C=C/C=C/C(O[Si](C)(C)C(C)(C)C)C2(CCCc3ccccc3)CCC2)CCCCC1=O. The Balaban J connectivity index is 1.75. The van der Waals surface area contributed by atoms with Gasteiger partial charge >= 0.3 is 0 Å². The molecule has 2 saturated carbocycles. The van der Waals surface area contributed by atoms with Crippen molar-refractivity contribution >= 4 is 14.1 Å². The number of Topliss-reactive ketones (excluding diaryl/α,β-unsaturated/α-hetero) is 1. The van der Waals surface area contributed by atoms with E-state index in [-0.39, 0.29) is 22.0 Å². The number of carbonyl (C=O) groups is 1. The van der Waals surface area contributed by atoms with Crippen molar-refractivity contribution in [2.24, 2.45) is 10.8 Å². The topological polar surface area (TPSA) is 26.3 Å². The smallest absolute Gasteiger partial charge is 0.192 e.